The molecule has 1 unspecified atom stereocenters. The lowest BCUT2D eigenvalue weighted by atomic mass is 10.1. The summed E-state index contributed by atoms with van der Waals surface area (Å²) in [5.41, 5.74) is 2.33. The Bertz CT molecular complexity index is 742. The van der Waals surface area contributed by atoms with Crippen LogP contribution in [0.25, 0.3) is 11.3 Å². The van der Waals surface area contributed by atoms with Crippen molar-refractivity contribution in [2.45, 2.75) is 13.0 Å². The van der Waals surface area contributed by atoms with Crippen LogP contribution in [0.4, 0.5) is 5.69 Å². The number of rotatable bonds is 6. The Morgan fingerprint density at radius 3 is 3.08 bits per heavy atom. The summed E-state index contributed by atoms with van der Waals surface area (Å²) < 4.78 is 1.76. The van der Waals surface area contributed by atoms with E-state index < -0.39 is 0 Å². The van der Waals surface area contributed by atoms with Gasteiger partial charge in [-0.15, -0.1) is 5.10 Å². The Morgan fingerprint density at radius 1 is 1.46 bits per heavy atom. The third-order valence-electron chi connectivity index (χ3n) is 3.83. The first-order valence-electron chi connectivity index (χ1n) is 7.86. The van der Waals surface area contributed by atoms with E-state index in [0.29, 0.717) is 25.2 Å². The lowest BCUT2D eigenvalue weighted by Crippen LogP contribution is -2.24. The van der Waals surface area contributed by atoms with Gasteiger partial charge in [0.15, 0.2) is 0 Å². The molecule has 2 aromatic rings. The Balaban J connectivity index is 1.68. The van der Waals surface area contributed by atoms with Gasteiger partial charge in [0.05, 0.1) is 12.7 Å². The number of aromatic nitrogens is 3. The number of likely N-dealkylation sites (N-methyl/N-ethyl adjacent to an activating group) is 1. The van der Waals surface area contributed by atoms with Crippen LogP contribution in [0, 0.1) is 5.92 Å². The molecule has 1 aliphatic rings. The highest BCUT2D eigenvalue weighted by Crippen LogP contribution is 2.21. The number of hydrogen-bond donors (Lipinski definition) is 3. The second-order valence-corrected chi connectivity index (χ2v) is 5.86. The molecule has 0 saturated carbocycles. The SMILES string of the molecule is CNCC(=O)Nc1cccc(-c2cn(CC3CNC(=O)C3)nn2)c1. The minimum Gasteiger partial charge on any atom is -0.356 e. The van der Waals surface area contributed by atoms with Crippen molar-refractivity contribution in [3.05, 3.63) is 30.5 Å². The molecule has 0 spiro atoms. The summed E-state index contributed by atoms with van der Waals surface area (Å²) in [5.74, 6) is 0.237. The zero-order valence-electron chi connectivity index (χ0n) is 13.5. The fourth-order valence-corrected chi connectivity index (χ4v) is 2.70. The Labute approximate surface area is 139 Å². The number of carbonyl (C=O) groups excluding carboxylic acids is 2. The molecule has 126 valence electrons. The van der Waals surface area contributed by atoms with E-state index in [2.05, 4.69) is 26.3 Å². The average molecular weight is 328 g/mol. The molecule has 3 rings (SSSR count). The number of nitrogens with one attached hydrogen (secondary N) is 3. The van der Waals surface area contributed by atoms with Crippen LogP contribution < -0.4 is 16.0 Å². The lowest BCUT2D eigenvalue weighted by Gasteiger charge is -2.06. The lowest BCUT2D eigenvalue weighted by molar-refractivity contribution is -0.119. The molecule has 8 nitrogen and oxygen atoms in total. The second-order valence-electron chi connectivity index (χ2n) is 5.86. The molecule has 1 fully saturated rings. The van der Waals surface area contributed by atoms with Gasteiger partial charge in [-0.05, 0) is 19.2 Å². The summed E-state index contributed by atoms with van der Waals surface area (Å²) in [6.07, 6.45) is 2.39. The number of hydrogen-bond acceptors (Lipinski definition) is 5. The molecule has 0 radical (unpaired) electrons. The quantitative estimate of drug-likeness (QED) is 0.705. The van der Waals surface area contributed by atoms with E-state index in [1.807, 2.05) is 30.5 Å². The highest BCUT2D eigenvalue weighted by Gasteiger charge is 2.22. The van der Waals surface area contributed by atoms with Gasteiger partial charge in [0, 0.05) is 36.7 Å². The third-order valence-corrected chi connectivity index (χ3v) is 3.83. The molecular weight excluding hydrogens is 308 g/mol. The van der Waals surface area contributed by atoms with Crippen molar-refractivity contribution in [1.29, 1.82) is 0 Å². The molecule has 3 N–H and O–H groups in total. The van der Waals surface area contributed by atoms with Crippen LogP contribution in [0.2, 0.25) is 0 Å². The molecule has 1 aliphatic heterocycles. The summed E-state index contributed by atoms with van der Waals surface area (Å²) in [6, 6.07) is 7.48. The monoisotopic (exact) mass is 328 g/mol. The zero-order valence-corrected chi connectivity index (χ0v) is 13.5. The smallest absolute Gasteiger partial charge is 0.238 e. The van der Waals surface area contributed by atoms with Crippen LogP contribution >= 0.6 is 0 Å². The topological polar surface area (TPSA) is 101 Å². The van der Waals surface area contributed by atoms with Gasteiger partial charge in [-0.1, -0.05) is 17.3 Å². The summed E-state index contributed by atoms with van der Waals surface area (Å²) in [7, 11) is 1.72. The van der Waals surface area contributed by atoms with Crippen LogP contribution in [0.1, 0.15) is 6.42 Å². The number of nitrogens with zero attached hydrogens (tertiary/aromatic N) is 3. The number of amides is 2. The van der Waals surface area contributed by atoms with Crippen molar-refractivity contribution in [3.8, 4) is 11.3 Å². The molecule has 1 saturated heterocycles. The van der Waals surface area contributed by atoms with Gasteiger partial charge in [-0.25, -0.2) is 0 Å². The molecule has 0 bridgehead atoms. The van der Waals surface area contributed by atoms with Crippen LogP contribution in [0.5, 0.6) is 0 Å². The van der Waals surface area contributed by atoms with Crippen LogP contribution in [-0.4, -0.2) is 46.9 Å². The minimum atomic E-state index is -0.100. The molecule has 8 heteroatoms. The Hall–Kier alpha value is -2.74. The van der Waals surface area contributed by atoms with E-state index in [9.17, 15) is 9.59 Å². The van der Waals surface area contributed by atoms with Crippen molar-refractivity contribution in [3.63, 3.8) is 0 Å². The van der Waals surface area contributed by atoms with Gasteiger partial charge >= 0.3 is 0 Å². The van der Waals surface area contributed by atoms with Gasteiger partial charge in [0.2, 0.25) is 11.8 Å². The predicted molar refractivity (Wildman–Crippen MR) is 89.1 cm³/mol. The van der Waals surface area contributed by atoms with Gasteiger partial charge in [-0.2, -0.15) is 0 Å². The molecule has 24 heavy (non-hydrogen) atoms. The van der Waals surface area contributed by atoms with Gasteiger partial charge in [-0.3, -0.25) is 14.3 Å². The second kappa shape index (κ2) is 7.22. The first-order chi connectivity index (χ1) is 11.6. The van der Waals surface area contributed by atoms with E-state index in [1.54, 1.807) is 11.7 Å². The molecule has 1 atom stereocenters. The van der Waals surface area contributed by atoms with Gasteiger partial charge in [0.1, 0.15) is 5.69 Å². The summed E-state index contributed by atoms with van der Waals surface area (Å²) in [5, 5.41) is 16.8. The Morgan fingerprint density at radius 2 is 2.33 bits per heavy atom. The standard InChI is InChI=1S/C16H20N6O2/c1-17-8-16(24)19-13-4-2-3-12(6-13)14-10-22(21-20-14)9-11-5-15(23)18-7-11/h2-4,6,10-11,17H,5,7-9H2,1H3,(H,18,23)(H,19,24). The third kappa shape index (κ3) is 3.96. The number of benzene rings is 1. The molecule has 0 aliphatic carbocycles. The minimum absolute atomic E-state index is 0.0883. The van der Waals surface area contributed by atoms with E-state index >= 15 is 0 Å². The molecule has 1 aromatic carbocycles. The van der Waals surface area contributed by atoms with E-state index in [0.717, 1.165) is 11.3 Å². The van der Waals surface area contributed by atoms with E-state index in [4.69, 9.17) is 0 Å². The average Bonchev–Trinajstić information content (AvgIpc) is 3.17. The van der Waals surface area contributed by atoms with Crippen molar-refractivity contribution in [2.24, 2.45) is 5.92 Å². The van der Waals surface area contributed by atoms with Crippen molar-refractivity contribution in [2.75, 3.05) is 25.5 Å². The first-order valence-corrected chi connectivity index (χ1v) is 7.86. The molecule has 2 amide bonds. The van der Waals surface area contributed by atoms with Crippen molar-refractivity contribution < 1.29 is 9.59 Å². The highest BCUT2D eigenvalue weighted by molar-refractivity contribution is 5.92. The first kappa shape index (κ1) is 16.1. The number of carbonyl (C=O) groups is 2. The van der Waals surface area contributed by atoms with Crippen LogP contribution in [0.15, 0.2) is 30.5 Å². The largest absolute Gasteiger partial charge is 0.356 e. The fraction of sp³-hybridized carbons (Fsp3) is 0.375. The van der Waals surface area contributed by atoms with Gasteiger partial charge in [0.25, 0.3) is 0 Å². The normalized spacial score (nSPS) is 16.9. The summed E-state index contributed by atoms with van der Waals surface area (Å²) in [6.45, 7) is 1.60. The molecule has 1 aromatic heterocycles. The zero-order chi connectivity index (χ0) is 16.9. The van der Waals surface area contributed by atoms with Crippen LogP contribution in [0.3, 0.4) is 0 Å². The van der Waals surface area contributed by atoms with Gasteiger partial charge < -0.3 is 16.0 Å². The maximum Gasteiger partial charge on any atom is 0.238 e. The maximum atomic E-state index is 11.6. The fourth-order valence-electron chi connectivity index (χ4n) is 2.70. The van der Waals surface area contributed by atoms with E-state index in [1.165, 1.54) is 0 Å². The highest BCUT2D eigenvalue weighted by atomic mass is 16.2. The van der Waals surface area contributed by atoms with Crippen LogP contribution in [-0.2, 0) is 16.1 Å². The van der Waals surface area contributed by atoms with Crippen molar-refractivity contribution in [1.82, 2.24) is 25.6 Å². The summed E-state index contributed by atoms with van der Waals surface area (Å²) >= 11 is 0. The molecular formula is C16H20N6O2. The van der Waals surface area contributed by atoms with E-state index in [-0.39, 0.29) is 24.3 Å². The summed E-state index contributed by atoms with van der Waals surface area (Å²) in [4.78, 5) is 22.9. The Kier molecular flexibility index (Phi) is 4.85. The van der Waals surface area contributed by atoms with Crippen molar-refractivity contribution >= 4 is 17.5 Å². The molecule has 2 heterocycles. The number of anilines is 1. The maximum absolute atomic E-state index is 11.6. The predicted octanol–water partition coefficient (Wildman–Crippen LogP) is 0.239.